The van der Waals surface area contributed by atoms with Crippen molar-refractivity contribution in [2.45, 2.75) is 38.5 Å². The lowest BCUT2D eigenvalue weighted by Gasteiger charge is -2.20. The van der Waals surface area contributed by atoms with Gasteiger partial charge in [0.1, 0.15) is 0 Å². The van der Waals surface area contributed by atoms with E-state index in [2.05, 4.69) is 47.1 Å². The molecule has 3 nitrogen and oxygen atoms in total. The van der Waals surface area contributed by atoms with E-state index < -0.39 is 0 Å². The van der Waals surface area contributed by atoms with Crippen LogP contribution in [-0.2, 0) is 7.05 Å². The fraction of sp³-hybridized carbons (Fsp3) is 0.750. The van der Waals surface area contributed by atoms with Crippen LogP contribution in [0.15, 0.2) is 10.7 Å². The van der Waals surface area contributed by atoms with Crippen molar-refractivity contribution < 1.29 is 0 Å². The molecule has 0 spiro atoms. The van der Waals surface area contributed by atoms with Crippen LogP contribution in [-0.4, -0.2) is 27.3 Å². The predicted molar refractivity (Wildman–Crippen MR) is 79.5 cm³/mol. The number of aromatic nitrogens is 2. The first-order valence-electron chi connectivity index (χ1n) is 6.08. The van der Waals surface area contributed by atoms with E-state index in [0.29, 0.717) is 11.3 Å². The second-order valence-electron chi connectivity index (χ2n) is 4.39. The summed E-state index contributed by atoms with van der Waals surface area (Å²) in [5.41, 5.74) is 1.24. The van der Waals surface area contributed by atoms with Crippen LogP contribution in [0.5, 0.6) is 0 Å². The first-order valence-corrected chi connectivity index (χ1v) is 7.92. The molecular formula is C12H22BrN3S. The Labute approximate surface area is 117 Å². The number of hydrogen-bond acceptors (Lipinski definition) is 3. The second kappa shape index (κ2) is 7.44. The Kier molecular flexibility index (Phi) is 6.59. The molecule has 1 rings (SSSR count). The van der Waals surface area contributed by atoms with E-state index in [9.17, 15) is 0 Å². The summed E-state index contributed by atoms with van der Waals surface area (Å²) in [5, 5.41) is 8.55. The van der Waals surface area contributed by atoms with E-state index in [-0.39, 0.29) is 0 Å². The molecule has 1 heterocycles. The molecule has 1 N–H and O–H groups in total. The summed E-state index contributed by atoms with van der Waals surface area (Å²) < 4.78 is 3.05. The third kappa shape index (κ3) is 4.64. The second-order valence-corrected chi connectivity index (χ2v) is 6.85. The largest absolute Gasteiger partial charge is 0.308 e. The quantitative estimate of drug-likeness (QED) is 0.835. The average Bonchev–Trinajstić information content (AvgIpc) is 2.60. The van der Waals surface area contributed by atoms with Crippen molar-refractivity contribution in [2.75, 3.05) is 12.3 Å². The van der Waals surface area contributed by atoms with Gasteiger partial charge < -0.3 is 5.32 Å². The summed E-state index contributed by atoms with van der Waals surface area (Å²) in [5.74, 6) is 1.08. The molecule has 0 amide bonds. The van der Waals surface area contributed by atoms with Gasteiger partial charge in [0.25, 0.3) is 0 Å². The van der Waals surface area contributed by atoms with E-state index in [0.717, 1.165) is 23.2 Å². The minimum atomic E-state index is 0.365. The van der Waals surface area contributed by atoms with Crippen LogP contribution in [0, 0.1) is 0 Å². The van der Waals surface area contributed by atoms with Crippen LogP contribution in [0.1, 0.15) is 38.9 Å². The molecule has 1 aromatic rings. The Hall–Kier alpha value is 0. The number of nitrogens with zero attached hydrogens (tertiary/aromatic N) is 2. The molecule has 0 fully saturated rings. The monoisotopic (exact) mass is 319 g/mol. The fourth-order valence-electron chi connectivity index (χ4n) is 1.65. The zero-order valence-electron chi connectivity index (χ0n) is 11.0. The summed E-state index contributed by atoms with van der Waals surface area (Å²) in [4.78, 5) is 0. The first-order chi connectivity index (χ1) is 8.06. The van der Waals surface area contributed by atoms with E-state index in [1.165, 1.54) is 5.69 Å². The highest BCUT2D eigenvalue weighted by Gasteiger charge is 2.18. The Balaban J connectivity index is 2.74. The van der Waals surface area contributed by atoms with Gasteiger partial charge in [0.05, 0.1) is 22.4 Å². The molecular weight excluding hydrogens is 298 g/mol. The molecule has 0 aliphatic heterocycles. The lowest BCUT2D eigenvalue weighted by atomic mass is 10.2. The summed E-state index contributed by atoms with van der Waals surface area (Å²) >= 11 is 5.57. The van der Waals surface area contributed by atoms with Gasteiger partial charge in [-0.3, -0.25) is 4.68 Å². The van der Waals surface area contributed by atoms with Gasteiger partial charge in [-0.1, -0.05) is 20.8 Å². The molecule has 0 aliphatic rings. The Bertz CT molecular complexity index is 319. The van der Waals surface area contributed by atoms with Crippen LogP contribution < -0.4 is 5.32 Å². The van der Waals surface area contributed by atoms with Crippen LogP contribution in [0.2, 0.25) is 0 Å². The van der Waals surface area contributed by atoms with Crippen molar-refractivity contribution >= 4 is 27.7 Å². The van der Waals surface area contributed by atoms with Gasteiger partial charge in [0, 0.05) is 12.8 Å². The molecule has 0 aliphatic carbocycles. The maximum Gasteiger partial charge on any atom is 0.0700 e. The van der Waals surface area contributed by atoms with E-state index in [4.69, 9.17) is 0 Å². The summed E-state index contributed by atoms with van der Waals surface area (Å²) in [6.07, 6.45) is 3.02. The molecule has 1 atom stereocenters. The number of thioether (sulfide) groups is 1. The Morgan fingerprint density at radius 2 is 2.24 bits per heavy atom. The predicted octanol–water partition coefficient (Wildman–Crippen LogP) is 3.36. The molecule has 1 unspecified atom stereocenters. The van der Waals surface area contributed by atoms with Gasteiger partial charge in [-0.15, -0.1) is 0 Å². The lowest BCUT2D eigenvalue weighted by molar-refractivity contribution is 0.533. The van der Waals surface area contributed by atoms with Crippen molar-refractivity contribution in [3.63, 3.8) is 0 Å². The zero-order valence-corrected chi connectivity index (χ0v) is 13.4. The van der Waals surface area contributed by atoms with E-state index in [1.54, 1.807) is 0 Å². The highest BCUT2D eigenvalue weighted by Crippen LogP contribution is 2.26. The number of hydrogen-bond donors (Lipinski definition) is 1. The van der Waals surface area contributed by atoms with E-state index in [1.807, 2.05) is 29.7 Å². The first kappa shape index (κ1) is 15.1. The molecule has 0 aromatic carbocycles. The molecule has 98 valence electrons. The van der Waals surface area contributed by atoms with Crippen LogP contribution in [0.3, 0.4) is 0 Å². The Morgan fingerprint density at radius 1 is 1.53 bits per heavy atom. The van der Waals surface area contributed by atoms with Gasteiger partial charge in [-0.25, -0.2) is 0 Å². The summed E-state index contributed by atoms with van der Waals surface area (Å²) in [6.45, 7) is 7.71. The van der Waals surface area contributed by atoms with Crippen molar-refractivity contribution in [3.05, 3.63) is 16.4 Å². The SMILES string of the molecule is CCCNC(CSC(C)C)c1c(Br)cnn1C. The van der Waals surface area contributed by atoms with Gasteiger partial charge in [0.15, 0.2) is 0 Å². The van der Waals surface area contributed by atoms with E-state index >= 15 is 0 Å². The topological polar surface area (TPSA) is 29.9 Å². The number of halogens is 1. The average molecular weight is 320 g/mol. The van der Waals surface area contributed by atoms with Crippen molar-refractivity contribution in [1.82, 2.24) is 15.1 Å². The number of nitrogens with one attached hydrogen (secondary N) is 1. The van der Waals surface area contributed by atoms with Gasteiger partial charge in [0.2, 0.25) is 0 Å². The van der Waals surface area contributed by atoms with Crippen LogP contribution >= 0.6 is 27.7 Å². The highest BCUT2D eigenvalue weighted by atomic mass is 79.9. The molecule has 0 saturated heterocycles. The van der Waals surface area contributed by atoms with Crippen LogP contribution in [0.25, 0.3) is 0 Å². The maximum atomic E-state index is 4.29. The third-order valence-corrected chi connectivity index (χ3v) is 4.31. The molecule has 0 bridgehead atoms. The number of rotatable bonds is 7. The smallest absolute Gasteiger partial charge is 0.0700 e. The highest BCUT2D eigenvalue weighted by molar-refractivity contribution is 9.10. The minimum absolute atomic E-state index is 0.365. The molecule has 5 heteroatoms. The van der Waals surface area contributed by atoms with Crippen molar-refractivity contribution in [3.8, 4) is 0 Å². The standard InChI is InChI=1S/C12H22BrN3S/c1-5-6-14-11(8-17-9(2)3)12-10(13)7-15-16(12)4/h7,9,11,14H,5-6,8H2,1-4H3. The summed E-state index contributed by atoms with van der Waals surface area (Å²) in [6, 6.07) is 0.365. The fourth-order valence-corrected chi connectivity index (χ4v) is 3.13. The van der Waals surface area contributed by atoms with Gasteiger partial charge >= 0.3 is 0 Å². The normalized spacial score (nSPS) is 13.3. The van der Waals surface area contributed by atoms with Gasteiger partial charge in [-0.2, -0.15) is 16.9 Å². The maximum absolute atomic E-state index is 4.29. The molecule has 1 aromatic heterocycles. The Morgan fingerprint density at radius 3 is 2.71 bits per heavy atom. The summed E-state index contributed by atoms with van der Waals surface area (Å²) in [7, 11) is 2.00. The minimum Gasteiger partial charge on any atom is -0.308 e. The molecule has 0 radical (unpaired) electrons. The van der Waals surface area contributed by atoms with Crippen molar-refractivity contribution in [2.24, 2.45) is 7.05 Å². The molecule has 17 heavy (non-hydrogen) atoms. The van der Waals surface area contributed by atoms with Crippen LogP contribution in [0.4, 0.5) is 0 Å². The number of aryl methyl sites for hydroxylation is 1. The zero-order chi connectivity index (χ0) is 12.8. The molecule has 0 saturated carbocycles. The lowest BCUT2D eigenvalue weighted by Crippen LogP contribution is -2.27. The third-order valence-electron chi connectivity index (χ3n) is 2.50. The van der Waals surface area contributed by atoms with Crippen molar-refractivity contribution in [1.29, 1.82) is 0 Å². The van der Waals surface area contributed by atoms with Gasteiger partial charge in [-0.05, 0) is 34.1 Å².